The zero-order valence-corrected chi connectivity index (χ0v) is 15.7. The summed E-state index contributed by atoms with van der Waals surface area (Å²) in [6.45, 7) is 7.44. The van der Waals surface area contributed by atoms with Crippen molar-refractivity contribution in [2.75, 3.05) is 19.6 Å². The highest BCUT2D eigenvalue weighted by molar-refractivity contribution is 7.71. The fourth-order valence-electron chi connectivity index (χ4n) is 3.24. The molecule has 5 nitrogen and oxygen atoms in total. The maximum atomic E-state index is 12.4. The largest absolute Gasteiger partial charge is 0.350 e. The van der Waals surface area contributed by atoms with Crippen LogP contribution in [0.3, 0.4) is 0 Å². The Morgan fingerprint density at radius 3 is 2.60 bits per heavy atom. The van der Waals surface area contributed by atoms with Crippen LogP contribution in [0.4, 0.5) is 0 Å². The van der Waals surface area contributed by atoms with E-state index in [1.165, 1.54) is 12.8 Å². The van der Waals surface area contributed by atoms with E-state index in [1.54, 1.807) is 6.20 Å². The summed E-state index contributed by atoms with van der Waals surface area (Å²) in [7, 11) is 0. The molecule has 3 rings (SSSR count). The first-order chi connectivity index (χ1) is 12.0. The van der Waals surface area contributed by atoms with Crippen molar-refractivity contribution in [2.45, 2.75) is 32.7 Å². The summed E-state index contributed by atoms with van der Waals surface area (Å²) in [5.74, 6) is 0.798. The van der Waals surface area contributed by atoms with Gasteiger partial charge in [-0.25, -0.2) is 0 Å². The van der Waals surface area contributed by atoms with Crippen LogP contribution in [-0.4, -0.2) is 46.0 Å². The molecule has 6 heteroatoms. The molecule has 1 aromatic carbocycles. The van der Waals surface area contributed by atoms with Crippen molar-refractivity contribution in [3.8, 4) is 5.69 Å². The number of hydrogen-bond donors (Lipinski definition) is 2. The molecule has 0 radical (unpaired) electrons. The molecule has 1 fully saturated rings. The van der Waals surface area contributed by atoms with E-state index in [9.17, 15) is 4.79 Å². The van der Waals surface area contributed by atoms with Gasteiger partial charge in [-0.05, 0) is 75.3 Å². The number of piperidine rings is 1. The Bertz CT molecular complexity index is 756. The van der Waals surface area contributed by atoms with Crippen LogP contribution in [0.25, 0.3) is 5.69 Å². The van der Waals surface area contributed by atoms with Crippen LogP contribution in [0, 0.1) is 10.7 Å². The molecule has 1 unspecified atom stereocenters. The maximum absolute atomic E-state index is 12.4. The number of nitrogens with zero attached hydrogens (tertiary/aromatic N) is 2. The molecule has 1 aliphatic rings. The van der Waals surface area contributed by atoms with Crippen LogP contribution < -0.4 is 5.32 Å². The summed E-state index contributed by atoms with van der Waals surface area (Å²) in [4.78, 5) is 17.8. The van der Waals surface area contributed by atoms with Crippen LogP contribution in [0.15, 0.2) is 36.7 Å². The SMILES string of the molecule is CC1CCN(C(C)CNC(=O)c2ccc(-n3cc[nH]c3=S)cc2)CC1. The molecule has 1 saturated heterocycles. The van der Waals surface area contributed by atoms with Crippen LogP contribution in [-0.2, 0) is 0 Å². The second-order valence-corrected chi connectivity index (χ2v) is 7.35. The summed E-state index contributed by atoms with van der Waals surface area (Å²) >= 11 is 5.21. The van der Waals surface area contributed by atoms with Gasteiger partial charge in [0.2, 0.25) is 0 Å². The Kier molecular flexibility index (Phi) is 5.71. The Morgan fingerprint density at radius 2 is 2.00 bits per heavy atom. The topological polar surface area (TPSA) is 53.1 Å². The van der Waals surface area contributed by atoms with Gasteiger partial charge in [0.05, 0.1) is 0 Å². The monoisotopic (exact) mass is 358 g/mol. The summed E-state index contributed by atoms with van der Waals surface area (Å²) < 4.78 is 2.51. The second kappa shape index (κ2) is 7.97. The lowest BCUT2D eigenvalue weighted by Crippen LogP contribution is -2.45. The summed E-state index contributed by atoms with van der Waals surface area (Å²) in [6.07, 6.45) is 6.17. The Labute approximate surface area is 154 Å². The number of likely N-dealkylation sites (tertiary alicyclic amines) is 1. The molecule has 0 aliphatic carbocycles. The number of carbonyl (C=O) groups is 1. The number of nitrogens with one attached hydrogen (secondary N) is 2. The minimum Gasteiger partial charge on any atom is -0.350 e. The quantitative estimate of drug-likeness (QED) is 0.806. The number of rotatable bonds is 5. The third-order valence-electron chi connectivity index (χ3n) is 5.06. The molecule has 2 N–H and O–H groups in total. The van der Waals surface area contributed by atoms with Crippen molar-refractivity contribution in [1.29, 1.82) is 0 Å². The number of imidazole rings is 1. The van der Waals surface area contributed by atoms with Crippen LogP contribution in [0.5, 0.6) is 0 Å². The molecule has 2 aromatic rings. The summed E-state index contributed by atoms with van der Waals surface area (Å²) in [5.41, 5.74) is 1.61. The van der Waals surface area contributed by atoms with Crippen molar-refractivity contribution in [3.05, 3.63) is 47.0 Å². The zero-order chi connectivity index (χ0) is 17.8. The lowest BCUT2D eigenvalue weighted by atomic mass is 9.98. The van der Waals surface area contributed by atoms with E-state index in [0.29, 0.717) is 22.9 Å². The molecular weight excluding hydrogens is 332 g/mol. The number of H-pyrrole nitrogens is 1. The number of carbonyl (C=O) groups excluding carboxylic acids is 1. The first-order valence-electron chi connectivity index (χ1n) is 8.93. The molecule has 0 bridgehead atoms. The smallest absolute Gasteiger partial charge is 0.251 e. The summed E-state index contributed by atoms with van der Waals surface area (Å²) in [6, 6.07) is 7.87. The molecular formula is C19H26N4OS. The number of hydrogen-bond acceptors (Lipinski definition) is 3. The molecule has 1 amide bonds. The fourth-order valence-corrected chi connectivity index (χ4v) is 3.47. The predicted molar refractivity (Wildman–Crippen MR) is 103 cm³/mol. The molecule has 0 saturated carbocycles. The van der Waals surface area contributed by atoms with E-state index in [1.807, 2.05) is 35.0 Å². The highest BCUT2D eigenvalue weighted by atomic mass is 32.1. The first kappa shape index (κ1) is 17.9. The lowest BCUT2D eigenvalue weighted by molar-refractivity contribution is 0.0921. The third kappa shape index (κ3) is 4.38. The van der Waals surface area contributed by atoms with Gasteiger partial charge in [-0.2, -0.15) is 0 Å². The Balaban J connectivity index is 1.54. The van der Waals surface area contributed by atoms with E-state index in [2.05, 4.69) is 29.0 Å². The lowest BCUT2D eigenvalue weighted by Gasteiger charge is -2.35. The molecule has 0 spiro atoms. The van der Waals surface area contributed by atoms with Gasteiger partial charge in [0, 0.05) is 36.2 Å². The normalized spacial score (nSPS) is 17.4. The van der Waals surface area contributed by atoms with E-state index in [4.69, 9.17) is 12.2 Å². The molecule has 1 aromatic heterocycles. The van der Waals surface area contributed by atoms with Gasteiger partial charge in [-0.15, -0.1) is 0 Å². The zero-order valence-electron chi connectivity index (χ0n) is 14.9. The molecule has 1 aliphatic heterocycles. The van der Waals surface area contributed by atoms with E-state index < -0.39 is 0 Å². The molecule has 1 atom stereocenters. The van der Waals surface area contributed by atoms with Gasteiger partial charge in [-0.3, -0.25) is 14.3 Å². The van der Waals surface area contributed by atoms with Crippen LogP contribution in [0.2, 0.25) is 0 Å². The van der Waals surface area contributed by atoms with Crippen LogP contribution >= 0.6 is 12.2 Å². The maximum Gasteiger partial charge on any atom is 0.251 e. The van der Waals surface area contributed by atoms with Crippen molar-refractivity contribution >= 4 is 18.1 Å². The average molecular weight is 359 g/mol. The standard InChI is InChI=1S/C19H26N4OS/c1-14-7-10-22(11-8-14)15(2)13-21-18(24)16-3-5-17(6-4-16)23-12-9-20-19(23)25/h3-6,9,12,14-15H,7-8,10-11,13H2,1-2H3,(H,20,25)(H,21,24). The van der Waals surface area contributed by atoms with Gasteiger partial charge in [0.1, 0.15) is 0 Å². The number of aromatic nitrogens is 2. The molecule has 25 heavy (non-hydrogen) atoms. The summed E-state index contributed by atoms with van der Waals surface area (Å²) in [5, 5.41) is 3.06. The van der Waals surface area contributed by atoms with E-state index in [-0.39, 0.29) is 5.91 Å². The highest BCUT2D eigenvalue weighted by Crippen LogP contribution is 2.17. The minimum atomic E-state index is -0.0264. The highest BCUT2D eigenvalue weighted by Gasteiger charge is 2.20. The number of amides is 1. The van der Waals surface area contributed by atoms with Gasteiger partial charge >= 0.3 is 0 Å². The Hall–Kier alpha value is -1.92. The average Bonchev–Trinajstić information content (AvgIpc) is 3.06. The second-order valence-electron chi connectivity index (χ2n) is 6.96. The van der Waals surface area contributed by atoms with Crippen molar-refractivity contribution < 1.29 is 4.79 Å². The van der Waals surface area contributed by atoms with Gasteiger partial charge in [0.25, 0.3) is 5.91 Å². The van der Waals surface area contributed by atoms with E-state index in [0.717, 1.165) is 24.7 Å². The van der Waals surface area contributed by atoms with Crippen molar-refractivity contribution in [2.24, 2.45) is 5.92 Å². The molecule has 134 valence electrons. The number of benzene rings is 1. The number of aromatic amines is 1. The Morgan fingerprint density at radius 1 is 1.32 bits per heavy atom. The predicted octanol–water partition coefficient (Wildman–Crippen LogP) is 3.39. The fraction of sp³-hybridized carbons (Fsp3) is 0.474. The van der Waals surface area contributed by atoms with Gasteiger partial charge < -0.3 is 10.3 Å². The van der Waals surface area contributed by atoms with Crippen molar-refractivity contribution in [1.82, 2.24) is 19.8 Å². The first-order valence-corrected chi connectivity index (χ1v) is 9.34. The van der Waals surface area contributed by atoms with Crippen LogP contribution in [0.1, 0.15) is 37.0 Å². The third-order valence-corrected chi connectivity index (χ3v) is 5.37. The van der Waals surface area contributed by atoms with E-state index >= 15 is 0 Å². The van der Waals surface area contributed by atoms with Gasteiger partial charge in [-0.1, -0.05) is 6.92 Å². The minimum absolute atomic E-state index is 0.0264. The van der Waals surface area contributed by atoms with Gasteiger partial charge in [0.15, 0.2) is 4.77 Å². The molecule has 2 heterocycles. The van der Waals surface area contributed by atoms with Crippen molar-refractivity contribution in [3.63, 3.8) is 0 Å².